The molecule has 0 radical (unpaired) electrons. The summed E-state index contributed by atoms with van der Waals surface area (Å²) in [6.45, 7) is 1.23. The molecule has 0 saturated carbocycles. The second-order valence-corrected chi connectivity index (χ2v) is 6.01. The minimum absolute atomic E-state index is 0.0423. The highest BCUT2D eigenvalue weighted by atomic mass is 16.2. The van der Waals surface area contributed by atoms with E-state index >= 15 is 0 Å². The molecular weight excluding hydrogens is 290 g/mol. The molecule has 0 bridgehead atoms. The van der Waals surface area contributed by atoms with E-state index in [1.54, 1.807) is 17.2 Å². The first-order chi connectivity index (χ1) is 11.2. The fraction of sp³-hybridized carbons (Fsp3) is 0.389. The van der Waals surface area contributed by atoms with Gasteiger partial charge in [-0.2, -0.15) is 5.10 Å². The Morgan fingerprint density at radius 1 is 1.22 bits per heavy atom. The van der Waals surface area contributed by atoms with E-state index in [2.05, 4.69) is 10.2 Å². The van der Waals surface area contributed by atoms with Crippen molar-refractivity contribution in [2.24, 2.45) is 5.92 Å². The number of nitrogens with one attached hydrogen (secondary N) is 1. The van der Waals surface area contributed by atoms with Crippen molar-refractivity contribution < 1.29 is 9.59 Å². The Labute approximate surface area is 135 Å². The van der Waals surface area contributed by atoms with Crippen LogP contribution < -0.4 is 0 Å². The van der Waals surface area contributed by atoms with Crippen LogP contribution in [0.2, 0.25) is 0 Å². The van der Waals surface area contributed by atoms with E-state index in [4.69, 9.17) is 0 Å². The van der Waals surface area contributed by atoms with Crippen LogP contribution in [-0.2, 0) is 11.2 Å². The summed E-state index contributed by atoms with van der Waals surface area (Å²) in [5, 5.41) is 6.51. The number of amides is 1. The molecule has 1 saturated heterocycles. The number of hydrogen-bond donors (Lipinski definition) is 1. The lowest BCUT2D eigenvalue weighted by Crippen LogP contribution is -2.42. The van der Waals surface area contributed by atoms with E-state index in [0.717, 1.165) is 19.3 Å². The van der Waals surface area contributed by atoms with Gasteiger partial charge >= 0.3 is 0 Å². The van der Waals surface area contributed by atoms with E-state index < -0.39 is 0 Å². The quantitative estimate of drug-likeness (QED) is 0.922. The van der Waals surface area contributed by atoms with Crippen LogP contribution in [0.3, 0.4) is 0 Å². The highest BCUT2D eigenvalue weighted by Gasteiger charge is 2.28. The molecule has 0 aliphatic carbocycles. The third kappa shape index (κ3) is 3.86. The van der Waals surface area contributed by atoms with Crippen LogP contribution in [0.15, 0.2) is 42.6 Å². The molecule has 1 aliphatic rings. The maximum Gasteiger partial charge on any atom is 0.271 e. The molecule has 120 valence electrons. The third-order valence-electron chi connectivity index (χ3n) is 4.40. The number of piperidine rings is 1. The number of aryl methyl sites for hydroxylation is 1. The predicted octanol–water partition coefficient (Wildman–Crippen LogP) is 2.46. The molecule has 23 heavy (non-hydrogen) atoms. The normalized spacial score (nSPS) is 17.9. The number of aromatic nitrogens is 2. The van der Waals surface area contributed by atoms with Gasteiger partial charge in [0.25, 0.3) is 5.91 Å². The van der Waals surface area contributed by atoms with Gasteiger partial charge in [-0.05, 0) is 30.9 Å². The molecule has 0 spiro atoms. The van der Waals surface area contributed by atoms with Gasteiger partial charge in [0.15, 0.2) is 0 Å². The molecule has 1 aromatic carbocycles. The van der Waals surface area contributed by atoms with Crippen LogP contribution in [0, 0.1) is 5.92 Å². The Kier molecular flexibility index (Phi) is 4.86. The Hall–Kier alpha value is -2.43. The lowest BCUT2D eigenvalue weighted by atomic mass is 9.90. The number of hydrogen-bond acceptors (Lipinski definition) is 3. The molecule has 1 aromatic heterocycles. The number of benzene rings is 1. The van der Waals surface area contributed by atoms with Crippen molar-refractivity contribution in [1.82, 2.24) is 15.1 Å². The van der Waals surface area contributed by atoms with Gasteiger partial charge in [0.05, 0.1) is 0 Å². The summed E-state index contributed by atoms with van der Waals surface area (Å²) in [6, 6.07) is 11.7. The number of rotatable bonds is 5. The maximum absolute atomic E-state index is 12.5. The topological polar surface area (TPSA) is 66.1 Å². The summed E-state index contributed by atoms with van der Waals surface area (Å²) in [6.07, 6.45) is 4.63. The van der Waals surface area contributed by atoms with Gasteiger partial charge in [0.1, 0.15) is 11.5 Å². The summed E-state index contributed by atoms with van der Waals surface area (Å²) >= 11 is 0. The van der Waals surface area contributed by atoms with E-state index in [1.165, 1.54) is 5.56 Å². The van der Waals surface area contributed by atoms with Crippen LogP contribution >= 0.6 is 0 Å². The maximum atomic E-state index is 12.5. The lowest BCUT2D eigenvalue weighted by molar-refractivity contribution is -0.124. The van der Waals surface area contributed by atoms with Crippen molar-refractivity contribution in [3.63, 3.8) is 0 Å². The molecule has 3 rings (SSSR count). The summed E-state index contributed by atoms with van der Waals surface area (Å²) in [5.41, 5.74) is 1.67. The highest BCUT2D eigenvalue weighted by Crippen LogP contribution is 2.21. The fourth-order valence-electron chi connectivity index (χ4n) is 3.09. The number of Topliss-reactive ketones (excluding diaryl/α,β-unsaturated/α-hetero) is 1. The number of likely N-dealkylation sites (tertiary alicyclic amines) is 1. The van der Waals surface area contributed by atoms with Crippen LogP contribution in [-0.4, -0.2) is 39.9 Å². The largest absolute Gasteiger partial charge is 0.337 e. The number of carbonyl (C=O) groups is 2. The number of H-pyrrole nitrogens is 1. The average molecular weight is 311 g/mol. The van der Waals surface area contributed by atoms with E-state index in [0.29, 0.717) is 25.2 Å². The number of ketones is 1. The molecule has 1 N–H and O–H groups in total. The van der Waals surface area contributed by atoms with Gasteiger partial charge in [0, 0.05) is 31.6 Å². The standard InChI is InChI=1S/C18H21N3O2/c22-17(9-8-14-5-2-1-3-6-14)15-7-4-12-21(13-15)18(23)16-10-11-19-20-16/h1-3,5-6,10-11,15H,4,7-9,12-13H2,(H,19,20). The highest BCUT2D eigenvalue weighted by molar-refractivity contribution is 5.92. The van der Waals surface area contributed by atoms with E-state index in [1.807, 2.05) is 30.3 Å². The minimum atomic E-state index is -0.0666. The summed E-state index contributed by atoms with van der Waals surface area (Å²) in [7, 11) is 0. The van der Waals surface area contributed by atoms with Crippen molar-refractivity contribution in [2.45, 2.75) is 25.7 Å². The number of aromatic amines is 1. The molecule has 5 heteroatoms. The summed E-state index contributed by atoms with van der Waals surface area (Å²) < 4.78 is 0. The Balaban J connectivity index is 1.55. The third-order valence-corrected chi connectivity index (χ3v) is 4.40. The van der Waals surface area contributed by atoms with Crippen LogP contribution in [0.1, 0.15) is 35.3 Å². The fourth-order valence-corrected chi connectivity index (χ4v) is 3.09. The minimum Gasteiger partial charge on any atom is -0.337 e. The van der Waals surface area contributed by atoms with Crippen molar-refractivity contribution >= 4 is 11.7 Å². The number of carbonyl (C=O) groups excluding carboxylic acids is 2. The zero-order valence-electron chi connectivity index (χ0n) is 13.1. The van der Waals surface area contributed by atoms with Crippen LogP contribution in [0.25, 0.3) is 0 Å². The van der Waals surface area contributed by atoms with Crippen LogP contribution in [0.5, 0.6) is 0 Å². The predicted molar refractivity (Wildman–Crippen MR) is 87.0 cm³/mol. The molecule has 1 fully saturated rings. The first-order valence-electron chi connectivity index (χ1n) is 8.09. The smallest absolute Gasteiger partial charge is 0.271 e. The average Bonchev–Trinajstić information content (AvgIpc) is 3.14. The zero-order chi connectivity index (χ0) is 16.1. The van der Waals surface area contributed by atoms with Crippen molar-refractivity contribution in [3.8, 4) is 0 Å². The Morgan fingerprint density at radius 2 is 2.04 bits per heavy atom. The monoisotopic (exact) mass is 311 g/mol. The summed E-state index contributed by atoms with van der Waals surface area (Å²) in [4.78, 5) is 26.6. The van der Waals surface area contributed by atoms with Gasteiger partial charge in [0.2, 0.25) is 0 Å². The van der Waals surface area contributed by atoms with Crippen LogP contribution in [0.4, 0.5) is 0 Å². The van der Waals surface area contributed by atoms with Gasteiger partial charge in [-0.1, -0.05) is 30.3 Å². The van der Waals surface area contributed by atoms with E-state index in [9.17, 15) is 9.59 Å². The molecule has 5 nitrogen and oxygen atoms in total. The number of nitrogens with zero attached hydrogens (tertiary/aromatic N) is 2. The first kappa shape index (κ1) is 15.5. The first-order valence-corrected chi connectivity index (χ1v) is 8.09. The zero-order valence-corrected chi connectivity index (χ0v) is 13.1. The Morgan fingerprint density at radius 3 is 2.78 bits per heavy atom. The molecule has 1 aliphatic heterocycles. The molecule has 1 unspecified atom stereocenters. The van der Waals surface area contributed by atoms with Gasteiger partial charge in [-0.3, -0.25) is 14.7 Å². The lowest BCUT2D eigenvalue weighted by Gasteiger charge is -2.31. The SMILES string of the molecule is O=C(CCc1ccccc1)C1CCCN(C(=O)c2ccn[nH]2)C1. The van der Waals surface area contributed by atoms with Crippen molar-refractivity contribution in [1.29, 1.82) is 0 Å². The van der Waals surface area contributed by atoms with Gasteiger partial charge in [-0.15, -0.1) is 0 Å². The van der Waals surface area contributed by atoms with E-state index in [-0.39, 0.29) is 17.6 Å². The van der Waals surface area contributed by atoms with Crippen molar-refractivity contribution in [2.75, 3.05) is 13.1 Å². The molecule has 1 atom stereocenters. The summed E-state index contributed by atoms with van der Waals surface area (Å²) in [5.74, 6) is 0.151. The second kappa shape index (κ2) is 7.22. The van der Waals surface area contributed by atoms with Gasteiger partial charge < -0.3 is 4.90 Å². The molecule has 2 aromatic rings. The van der Waals surface area contributed by atoms with Gasteiger partial charge in [-0.25, -0.2) is 0 Å². The molecule has 2 heterocycles. The second-order valence-electron chi connectivity index (χ2n) is 6.01. The molecular formula is C18H21N3O2. The molecule has 1 amide bonds. The van der Waals surface area contributed by atoms with Crippen molar-refractivity contribution in [3.05, 3.63) is 53.9 Å². The Bertz CT molecular complexity index is 652.